The van der Waals surface area contributed by atoms with E-state index in [1.165, 1.54) is 33.2 Å². The second kappa shape index (κ2) is 7.08. The van der Waals surface area contributed by atoms with Gasteiger partial charge in [-0.05, 0) is 6.42 Å². The van der Waals surface area contributed by atoms with Gasteiger partial charge in [0.25, 0.3) is 5.91 Å². The third-order valence-corrected chi connectivity index (χ3v) is 6.13. The van der Waals surface area contributed by atoms with Crippen LogP contribution < -0.4 is 4.74 Å². The zero-order valence-corrected chi connectivity index (χ0v) is 15.8. The van der Waals surface area contributed by atoms with Crippen LogP contribution in [0.25, 0.3) is 0 Å². The fourth-order valence-electron chi connectivity index (χ4n) is 2.95. The van der Waals surface area contributed by atoms with E-state index in [0.29, 0.717) is 31.6 Å². The van der Waals surface area contributed by atoms with E-state index in [9.17, 15) is 13.2 Å². The van der Waals surface area contributed by atoms with Crippen LogP contribution in [0.2, 0.25) is 0 Å². The Bertz CT molecular complexity index is 903. The minimum absolute atomic E-state index is 0.161. The zero-order valence-electron chi connectivity index (χ0n) is 15.0. The number of sulfonamides is 1. The molecule has 0 aromatic carbocycles. The van der Waals surface area contributed by atoms with Crippen LogP contribution in [-0.2, 0) is 24.1 Å². The molecule has 0 unspecified atom stereocenters. The highest BCUT2D eigenvalue weighted by Gasteiger charge is 2.30. The molecule has 1 amide bonds. The van der Waals surface area contributed by atoms with Gasteiger partial charge >= 0.3 is 0 Å². The van der Waals surface area contributed by atoms with Gasteiger partial charge in [0.1, 0.15) is 10.5 Å². The molecule has 0 aliphatic carbocycles. The Morgan fingerprint density at radius 1 is 1.12 bits per heavy atom. The minimum atomic E-state index is -3.62. The number of hydrogen-bond acceptors (Lipinski definition) is 6. The number of methoxy groups -OCH3 is 1. The average Bonchev–Trinajstić information content (AvgIpc) is 3.11. The maximum absolute atomic E-state index is 12.8. The van der Waals surface area contributed by atoms with Crippen molar-refractivity contribution >= 4 is 15.9 Å². The second-order valence-corrected chi connectivity index (χ2v) is 8.06. The number of aromatic nitrogens is 4. The molecule has 2 aromatic rings. The van der Waals surface area contributed by atoms with Crippen molar-refractivity contribution in [1.29, 1.82) is 0 Å². The molecule has 0 atom stereocenters. The molecule has 0 bridgehead atoms. The van der Waals surface area contributed by atoms with Gasteiger partial charge in [0.2, 0.25) is 15.9 Å². The van der Waals surface area contributed by atoms with Crippen molar-refractivity contribution in [1.82, 2.24) is 28.8 Å². The number of rotatable bonds is 4. The predicted octanol–water partition coefficient (Wildman–Crippen LogP) is -0.301. The molecule has 26 heavy (non-hydrogen) atoms. The lowest BCUT2D eigenvalue weighted by atomic mass is 10.2. The Balaban J connectivity index is 1.75. The summed E-state index contributed by atoms with van der Waals surface area (Å²) >= 11 is 0. The fourth-order valence-corrected chi connectivity index (χ4v) is 4.41. The number of carbonyl (C=O) groups excluding carboxylic acids is 1. The maximum Gasteiger partial charge on any atom is 0.261 e. The number of nitrogens with zero attached hydrogens (tertiary/aromatic N) is 6. The van der Waals surface area contributed by atoms with Crippen molar-refractivity contribution in [3.05, 3.63) is 24.2 Å². The van der Waals surface area contributed by atoms with Gasteiger partial charge in [0.15, 0.2) is 0 Å². The van der Waals surface area contributed by atoms with Gasteiger partial charge in [-0.2, -0.15) is 9.40 Å². The van der Waals surface area contributed by atoms with E-state index in [1.54, 1.807) is 25.2 Å². The second-order valence-electron chi connectivity index (χ2n) is 6.13. The first-order chi connectivity index (χ1) is 12.3. The highest BCUT2D eigenvalue weighted by Crippen LogP contribution is 2.20. The summed E-state index contributed by atoms with van der Waals surface area (Å²) in [4.78, 5) is 14.6. The highest BCUT2D eigenvalue weighted by molar-refractivity contribution is 7.89. The largest absolute Gasteiger partial charge is 0.479 e. The average molecular weight is 382 g/mol. The molecule has 3 heterocycles. The molecule has 0 N–H and O–H groups in total. The van der Waals surface area contributed by atoms with Crippen molar-refractivity contribution in [2.24, 2.45) is 14.1 Å². The summed E-state index contributed by atoms with van der Waals surface area (Å²) in [5.41, 5.74) is 0.374. The molecule has 3 rings (SSSR count). The quantitative estimate of drug-likeness (QED) is 0.719. The highest BCUT2D eigenvalue weighted by atomic mass is 32.2. The van der Waals surface area contributed by atoms with Crippen LogP contribution in [0.3, 0.4) is 0 Å². The third kappa shape index (κ3) is 3.44. The fraction of sp³-hybridized carbons (Fsp3) is 0.533. The van der Waals surface area contributed by atoms with Gasteiger partial charge in [0, 0.05) is 52.7 Å². The SMILES string of the molecule is COc1nn(C)cc1C(=O)N1CCCN(S(=O)(=O)c2cnn(C)c2)CC1. The maximum atomic E-state index is 12.8. The summed E-state index contributed by atoms with van der Waals surface area (Å²) in [5.74, 6) is 0.0529. The third-order valence-electron chi connectivity index (χ3n) is 4.28. The van der Waals surface area contributed by atoms with Gasteiger partial charge in [-0.15, -0.1) is 5.10 Å². The number of amides is 1. The normalized spacial score (nSPS) is 16.5. The predicted molar refractivity (Wildman–Crippen MR) is 92.2 cm³/mol. The summed E-state index contributed by atoms with van der Waals surface area (Å²) in [6, 6.07) is 0. The zero-order chi connectivity index (χ0) is 18.9. The van der Waals surface area contributed by atoms with Crippen LogP contribution in [0, 0.1) is 0 Å². The number of hydrogen-bond donors (Lipinski definition) is 0. The van der Waals surface area contributed by atoms with Crippen molar-refractivity contribution < 1.29 is 17.9 Å². The van der Waals surface area contributed by atoms with Crippen LogP contribution in [0.5, 0.6) is 5.88 Å². The lowest BCUT2D eigenvalue weighted by Gasteiger charge is -2.21. The van der Waals surface area contributed by atoms with Gasteiger partial charge in [-0.1, -0.05) is 0 Å². The number of aryl methyl sites for hydroxylation is 2. The first kappa shape index (κ1) is 18.4. The van der Waals surface area contributed by atoms with E-state index < -0.39 is 10.0 Å². The van der Waals surface area contributed by atoms with E-state index >= 15 is 0 Å². The van der Waals surface area contributed by atoms with Crippen molar-refractivity contribution in [3.63, 3.8) is 0 Å². The van der Waals surface area contributed by atoms with E-state index in [4.69, 9.17) is 4.74 Å². The Labute approximate surface area is 152 Å². The van der Waals surface area contributed by atoms with Crippen molar-refractivity contribution in [2.75, 3.05) is 33.3 Å². The lowest BCUT2D eigenvalue weighted by Crippen LogP contribution is -2.37. The van der Waals surface area contributed by atoms with Crippen LogP contribution in [0.4, 0.5) is 0 Å². The monoisotopic (exact) mass is 382 g/mol. The van der Waals surface area contributed by atoms with E-state index in [1.807, 2.05) is 0 Å². The van der Waals surface area contributed by atoms with Gasteiger partial charge in [-0.25, -0.2) is 8.42 Å². The topological polar surface area (TPSA) is 103 Å². The van der Waals surface area contributed by atoms with E-state index in [0.717, 1.165) is 0 Å². The molecule has 10 nitrogen and oxygen atoms in total. The van der Waals surface area contributed by atoms with Gasteiger partial charge < -0.3 is 9.64 Å². The summed E-state index contributed by atoms with van der Waals surface area (Å²) in [6.07, 6.45) is 4.97. The van der Waals surface area contributed by atoms with Crippen molar-refractivity contribution in [2.45, 2.75) is 11.3 Å². The van der Waals surface area contributed by atoms with Crippen LogP contribution >= 0.6 is 0 Å². The first-order valence-electron chi connectivity index (χ1n) is 8.18. The van der Waals surface area contributed by atoms with E-state index in [2.05, 4.69) is 10.2 Å². The summed E-state index contributed by atoms with van der Waals surface area (Å²) in [6.45, 7) is 1.35. The molecule has 1 aliphatic rings. The minimum Gasteiger partial charge on any atom is -0.479 e. The molecule has 0 saturated carbocycles. The molecule has 142 valence electrons. The Morgan fingerprint density at radius 3 is 2.54 bits per heavy atom. The van der Waals surface area contributed by atoms with Crippen molar-refractivity contribution in [3.8, 4) is 5.88 Å². The number of ether oxygens (including phenoxy) is 1. The molecule has 1 aliphatic heterocycles. The van der Waals surface area contributed by atoms with Crippen LogP contribution in [-0.4, -0.2) is 76.4 Å². The molecule has 0 spiro atoms. The molecule has 1 fully saturated rings. The van der Waals surface area contributed by atoms with Gasteiger partial charge in [0.05, 0.1) is 13.3 Å². The smallest absolute Gasteiger partial charge is 0.261 e. The Hall–Kier alpha value is -2.40. The van der Waals surface area contributed by atoms with Gasteiger partial charge in [-0.3, -0.25) is 14.2 Å². The van der Waals surface area contributed by atoms with Crippen LogP contribution in [0.1, 0.15) is 16.8 Å². The summed E-state index contributed by atoms with van der Waals surface area (Å²) in [5, 5.41) is 8.02. The van der Waals surface area contributed by atoms with E-state index in [-0.39, 0.29) is 23.2 Å². The summed E-state index contributed by atoms with van der Waals surface area (Å²) < 4.78 is 35.0. The lowest BCUT2D eigenvalue weighted by molar-refractivity contribution is 0.0761. The van der Waals surface area contributed by atoms with Crippen LogP contribution in [0.15, 0.2) is 23.5 Å². The molecule has 2 aromatic heterocycles. The first-order valence-corrected chi connectivity index (χ1v) is 9.62. The summed E-state index contributed by atoms with van der Waals surface area (Å²) in [7, 11) is 1.23. The number of carbonyl (C=O) groups is 1. The molecule has 11 heteroatoms. The molecule has 0 radical (unpaired) electrons. The Kier molecular flexibility index (Phi) is 5.01. The molecular formula is C15H22N6O4S. The standard InChI is InChI=1S/C15H22N6O4S/c1-18-10-12(9-16-18)26(23,24)21-6-4-5-20(7-8-21)15(22)13-11-19(2)17-14(13)25-3/h9-11H,4-8H2,1-3H3. The Morgan fingerprint density at radius 2 is 1.88 bits per heavy atom. The molecular weight excluding hydrogens is 360 g/mol. The molecule has 1 saturated heterocycles.